The summed E-state index contributed by atoms with van der Waals surface area (Å²) in [7, 11) is 1.14. The summed E-state index contributed by atoms with van der Waals surface area (Å²) >= 11 is 0. The van der Waals surface area contributed by atoms with Crippen LogP contribution in [0, 0.1) is 23.5 Å². The quantitative estimate of drug-likeness (QED) is 0.857. The monoisotopic (exact) mass is 297 g/mol. The van der Waals surface area contributed by atoms with Gasteiger partial charge >= 0.3 is 5.97 Å². The van der Waals surface area contributed by atoms with Gasteiger partial charge in [0.25, 0.3) is 0 Å². The minimum Gasteiger partial charge on any atom is -0.465 e. The zero-order valence-corrected chi connectivity index (χ0v) is 12.6. The molecule has 1 N–H and O–H groups in total. The molecule has 1 saturated carbocycles. The number of nitrogens with one attached hydrogen (secondary N) is 1. The van der Waals surface area contributed by atoms with E-state index in [1.807, 2.05) is 0 Å². The van der Waals surface area contributed by atoms with Crippen LogP contribution in [0.1, 0.15) is 43.5 Å². The maximum absolute atomic E-state index is 14.0. The number of methoxy groups -OCH3 is 1. The molecule has 21 heavy (non-hydrogen) atoms. The van der Waals surface area contributed by atoms with E-state index in [4.69, 9.17) is 0 Å². The molecule has 0 saturated heterocycles. The molecule has 0 aromatic heterocycles. The molecular weight excluding hydrogens is 276 g/mol. The normalized spacial score (nSPS) is 25.5. The average molecular weight is 297 g/mol. The number of hydrogen-bond donors (Lipinski definition) is 1. The first-order chi connectivity index (χ1) is 9.93. The maximum atomic E-state index is 14.0. The van der Waals surface area contributed by atoms with Crippen LogP contribution in [0.5, 0.6) is 0 Å². The lowest BCUT2D eigenvalue weighted by Gasteiger charge is -2.33. The molecule has 1 aromatic rings. The van der Waals surface area contributed by atoms with Gasteiger partial charge in [0, 0.05) is 6.04 Å². The Labute approximate surface area is 123 Å². The van der Waals surface area contributed by atoms with Crippen molar-refractivity contribution in [3.8, 4) is 0 Å². The van der Waals surface area contributed by atoms with Crippen LogP contribution in [0.2, 0.25) is 0 Å². The van der Waals surface area contributed by atoms with Gasteiger partial charge in [-0.05, 0) is 43.2 Å². The fraction of sp³-hybridized carbons (Fsp3) is 0.562. The Morgan fingerprint density at radius 3 is 2.52 bits per heavy atom. The molecule has 0 radical (unpaired) electrons. The molecule has 0 aliphatic heterocycles. The number of rotatable bonds is 3. The van der Waals surface area contributed by atoms with E-state index in [1.165, 1.54) is 12.1 Å². The van der Waals surface area contributed by atoms with Crippen LogP contribution in [0.25, 0.3) is 0 Å². The van der Waals surface area contributed by atoms with E-state index in [1.54, 1.807) is 0 Å². The minimum atomic E-state index is -1.16. The van der Waals surface area contributed by atoms with Gasteiger partial charge in [-0.3, -0.25) is 0 Å². The molecule has 1 aromatic carbocycles. The van der Waals surface area contributed by atoms with Gasteiger partial charge in [-0.2, -0.15) is 0 Å². The van der Waals surface area contributed by atoms with Crippen molar-refractivity contribution < 1.29 is 18.3 Å². The highest BCUT2D eigenvalue weighted by Crippen LogP contribution is 2.32. The number of hydrogen-bond acceptors (Lipinski definition) is 3. The first kappa shape index (κ1) is 15.7. The Morgan fingerprint density at radius 1 is 1.19 bits per heavy atom. The fourth-order valence-corrected chi connectivity index (χ4v) is 2.83. The Balaban J connectivity index is 2.14. The van der Waals surface area contributed by atoms with Gasteiger partial charge < -0.3 is 10.1 Å². The van der Waals surface area contributed by atoms with Crippen LogP contribution in [0.15, 0.2) is 12.1 Å². The van der Waals surface area contributed by atoms with Crippen molar-refractivity contribution in [2.24, 2.45) is 11.8 Å². The molecular formula is C16H21F2NO2. The van der Waals surface area contributed by atoms with Gasteiger partial charge in [0.2, 0.25) is 0 Å². The average Bonchev–Trinajstić information content (AvgIpc) is 2.47. The van der Waals surface area contributed by atoms with Gasteiger partial charge in [0.15, 0.2) is 11.6 Å². The second-order valence-corrected chi connectivity index (χ2v) is 5.89. The number of esters is 1. The molecule has 3 atom stereocenters. The molecule has 5 heteroatoms. The van der Waals surface area contributed by atoms with E-state index in [0.29, 0.717) is 11.8 Å². The van der Waals surface area contributed by atoms with Crippen molar-refractivity contribution in [3.05, 3.63) is 29.3 Å². The molecule has 116 valence electrons. The van der Waals surface area contributed by atoms with Gasteiger partial charge in [-0.25, -0.2) is 13.6 Å². The summed E-state index contributed by atoms with van der Waals surface area (Å²) < 4.78 is 32.3. The van der Waals surface area contributed by atoms with Crippen LogP contribution in [-0.4, -0.2) is 19.1 Å². The molecule has 0 bridgehead atoms. The lowest BCUT2D eigenvalue weighted by Crippen LogP contribution is -2.30. The Bertz CT molecular complexity index is 533. The summed E-state index contributed by atoms with van der Waals surface area (Å²) in [6.45, 7) is 4.39. The number of anilines is 1. The topological polar surface area (TPSA) is 38.3 Å². The van der Waals surface area contributed by atoms with Crippen LogP contribution < -0.4 is 5.32 Å². The van der Waals surface area contributed by atoms with Crippen molar-refractivity contribution >= 4 is 11.7 Å². The number of carbonyl (C=O) groups excluding carboxylic acids is 1. The van der Waals surface area contributed by atoms with E-state index in [0.717, 1.165) is 26.4 Å². The zero-order chi connectivity index (χ0) is 15.6. The van der Waals surface area contributed by atoms with Gasteiger partial charge in [-0.15, -0.1) is 0 Å². The standard InChI is InChI=1S/C16H21F2NO2/c1-9-4-5-11(8-10(9)2)19-13-7-6-12(16(20)21-3)14(17)15(13)18/h6-7,9-11,19H,4-5,8H2,1-3H3. The largest absolute Gasteiger partial charge is 0.465 e. The molecule has 0 heterocycles. The van der Waals surface area contributed by atoms with Crippen LogP contribution in [0.3, 0.4) is 0 Å². The van der Waals surface area contributed by atoms with Crippen LogP contribution >= 0.6 is 0 Å². The third-order valence-electron chi connectivity index (χ3n) is 4.45. The van der Waals surface area contributed by atoms with Crippen molar-refractivity contribution in [2.45, 2.75) is 39.2 Å². The van der Waals surface area contributed by atoms with Gasteiger partial charge in [0.1, 0.15) is 0 Å². The Morgan fingerprint density at radius 2 is 1.90 bits per heavy atom. The van der Waals surface area contributed by atoms with Crippen LogP contribution in [-0.2, 0) is 4.74 Å². The molecule has 2 rings (SSSR count). The highest BCUT2D eigenvalue weighted by molar-refractivity contribution is 5.90. The molecule has 1 aliphatic carbocycles. The fourth-order valence-electron chi connectivity index (χ4n) is 2.83. The third-order valence-corrected chi connectivity index (χ3v) is 4.45. The maximum Gasteiger partial charge on any atom is 0.340 e. The van der Waals surface area contributed by atoms with Crippen molar-refractivity contribution in [2.75, 3.05) is 12.4 Å². The summed E-state index contributed by atoms with van der Waals surface area (Å²) in [6, 6.07) is 2.78. The van der Waals surface area contributed by atoms with Crippen molar-refractivity contribution in [1.82, 2.24) is 0 Å². The SMILES string of the molecule is COC(=O)c1ccc(NC2CCC(C)C(C)C2)c(F)c1F. The number of ether oxygens (including phenoxy) is 1. The molecule has 1 fully saturated rings. The molecule has 3 unspecified atom stereocenters. The van der Waals surface area contributed by atoms with Crippen molar-refractivity contribution in [3.63, 3.8) is 0 Å². The van der Waals surface area contributed by atoms with Gasteiger partial charge in [-0.1, -0.05) is 13.8 Å². The van der Waals surface area contributed by atoms with E-state index in [2.05, 4.69) is 23.9 Å². The third kappa shape index (κ3) is 3.34. The number of benzene rings is 1. The number of halogens is 2. The van der Waals surface area contributed by atoms with E-state index < -0.39 is 17.6 Å². The highest BCUT2D eigenvalue weighted by Gasteiger charge is 2.26. The molecule has 0 amide bonds. The summed E-state index contributed by atoms with van der Waals surface area (Å²) in [5.41, 5.74) is -0.280. The molecule has 3 nitrogen and oxygen atoms in total. The van der Waals surface area contributed by atoms with E-state index in [-0.39, 0.29) is 17.3 Å². The molecule has 0 spiro atoms. The summed E-state index contributed by atoms with van der Waals surface area (Å²) in [5.74, 6) is -1.85. The number of carbonyl (C=O) groups is 1. The summed E-state index contributed by atoms with van der Waals surface area (Å²) in [4.78, 5) is 11.3. The second-order valence-electron chi connectivity index (χ2n) is 5.89. The summed E-state index contributed by atoms with van der Waals surface area (Å²) in [5, 5.41) is 3.06. The van der Waals surface area contributed by atoms with E-state index >= 15 is 0 Å². The molecule has 1 aliphatic rings. The summed E-state index contributed by atoms with van der Waals surface area (Å²) in [6.07, 6.45) is 2.94. The Kier molecular flexibility index (Phi) is 4.80. The lowest BCUT2D eigenvalue weighted by atomic mass is 9.79. The minimum absolute atomic E-state index is 0.104. The van der Waals surface area contributed by atoms with Crippen molar-refractivity contribution in [1.29, 1.82) is 0 Å². The van der Waals surface area contributed by atoms with Crippen LogP contribution in [0.4, 0.5) is 14.5 Å². The second kappa shape index (κ2) is 6.41. The first-order valence-corrected chi connectivity index (χ1v) is 7.26. The predicted molar refractivity (Wildman–Crippen MR) is 77.3 cm³/mol. The lowest BCUT2D eigenvalue weighted by molar-refractivity contribution is 0.0594. The first-order valence-electron chi connectivity index (χ1n) is 7.26. The van der Waals surface area contributed by atoms with Gasteiger partial charge in [0.05, 0.1) is 18.4 Å². The Hall–Kier alpha value is -1.65. The highest BCUT2D eigenvalue weighted by atomic mass is 19.2. The zero-order valence-electron chi connectivity index (χ0n) is 12.6. The van der Waals surface area contributed by atoms with E-state index in [9.17, 15) is 13.6 Å². The predicted octanol–water partition coefficient (Wildman–Crippen LogP) is 3.99. The smallest absolute Gasteiger partial charge is 0.340 e.